The fraction of sp³-hybridized carbons (Fsp3) is 0.435. The van der Waals surface area contributed by atoms with Crippen molar-refractivity contribution in [3.8, 4) is 11.5 Å². The maximum absolute atomic E-state index is 12.8. The van der Waals surface area contributed by atoms with Crippen molar-refractivity contribution in [3.05, 3.63) is 53.6 Å². The van der Waals surface area contributed by atoms with E-state index < -0.39 is 0 Å². The number of carbonyl (C=O) groups excluding carboxylic acids is 1. The highest BCUT2D eigenvalue weighted by molar-refractivity contribution is 5.93. The van der Waals surface area contributed by atoms with Crippen LogP contribution in [-0.4, -0.2) is 50.3 Å². The first-order chi connectivity index (χ1) is 14.0. The minimum Gasteiger partial charge on any atom is -0.497 e. The van der Waals surface area contributed by atoms with Crippen molar-refractivity contribution < 1.29 is 19.0 Å². The molecule has 1 aliphatic rings. The molecule has 29 heavy (non-hydrogen) atoms. The Kier molecular flexibility index (Phi) is 7.12. The fourth-order valence-corrected chi connectivity index (χ4v) is 3.82. The second-order valence-corrected chi connectivity index (χ2v) is 7.51. The van der Waals surface area contributed by atoms with E-state index in [1.54, 1.807) is 14.2 Å². The molecule has 1 N–H and O–H groups in total. The first-order valence-electron chi connectivity index (χ1n) is 9.95. The van der Waals surface area contributed by atoms with Crippen LogP contribution in [0.2, 0.25) is 0 Å². The molecular formula is C23H30N2O4. The molecule has 1 amide bonds. The standard InChI is InChI=1S/C23H30N2O4/c1-16-13-25(14-17(2)29-16)15-18-7-5-6-8-21(18)24-23(26)12-19-11-20(27-3)9-10-22(19)28-4/h5-11,16-17H,12-15H2,1-4H3,(H,24,26). The molecule has 1 fully saturated rings. The predicted molar refractivity (Wildman–Crippen MR) is 114 cm³/mol. The van der Waals surface area contributed by atoms with E-state index in [2.05, 4.69) is 30.1 Å². The van der Waals surface area contributed by atoms with Crippen LogP contribution in [0.4, 0.5) is 5.69 Å². The van der Waals surface area contributed by atoms with Crippen LogP contribution in [0.1, 0.15) is 25.0 Å². The summed E-state index contributed by atoms with van der Waals surface area (Å²) >= 11 is 0. The quantitative estimate of drug-likeness (QED) is 0.774. The van der Waals surface area contributed by atoms with Crippen molar-refractivity contribution in [2.75, 3.05) is 32.6 Å². The number of benzene rings is 2. The SMILES string of the molecule is COc1ccc(OC)c(CC(=O)Nc2ccccc2CN2CC(C)OC(C)C2)c1. The first kappa shape index (κ1) is 21.1. The molecule has 0 radical (unpaired) electrons. The third-order valence-electron chi connectivity index (χ3n) is 5.02. The number of nitrogens with one attached hydrogen (secondary N) is 1. The average molecular weight is 399 g/mol. The third-order valence-corrected chi connectivity index (χ3v) is 5.02. The number of ether oxygens (including phenoxy) is 3. The number of carbonyl (C=O) groups is 1. The number of hydrogen-bond donors (Lipinski definition) is 1. The summed E-state index contributed by atoms with van der Waals surface area (Å²) in [4.78, 5) is 15.1. The van der Waals surface area contributed by atoms with Gasteiger partial charge in [0.1, 0.15) is 11.5 Å². The molecule has 1 saturated heterocycles. The Balaban J connectivity index is 1.70. The Bertz CT molecular complexity index is 829. The molecule has 0 bridgehead atoms. The van der Waals surface area contributed by atoms with Crippen LogP contribution in [0, 0.1) is 0 Å². The summed E-state index contributed by atoms with van der Waals surface area (Å²) in [7, 11) is 3.21. The summed E-state index contributed by atoms with van der Waals surface area (Å²) in [6.45, 7) is 6.73. The van der Waals surface area contributed by atoms with Gasteiger partial charge in [0.15, 0.2) is 0 Å². The zero-order valence-electron chi connectivity index (χ0n) is 17.6. The highest BCUT2D eigenvalue weighted by Gasteiger charge is 2.23. The summed E-state index contributed by atoms with van der Waals surface area (Å²) < 4.78 is 16.5. The minimum atomic E-state index is -0.0901. The molecule has 2 atom stereocenters. The Morgan fingerprint density at radius 2 is 1.79 bits per heavy atom. The van der Waals surface area contributed by atoms with E-state index in [0.29, 0.717) is 11.5 Å². The third kappa shape index (κ3) is 5.71. The zero-order valence-corrected chi connectivity index (χ0v) is 17.6. The van der Waals surface area contributed by atoms with Gasteiger partial charge in [-0.15, -0.1) is 0 Å². The molecule has 0 spiro atoms. The molecule has 0 saturated carbocycles. The molecule has 2 aromatic rings. The number of anilines is 1. The largest absolute Gasteiger partial charge is 0.497 e. The van der Waals surface area contributed by atoms with Gasteiger partial charge in [0.25, 0.3) is 0 Å². The van der Waals surface area contributed by atoms with E-state index in [1.165, 1.54) is 0 Å². The smallest absolute Gasteiger partial charge is 0.228 e. The normalized spacial score (nSPS) is 19.6. The van der Waals surface area contributed by atoms with Crippen molar-refractivity contribution in [2.45, 2.75) is 39.0 Å². The Hall–Kier alpha value is -2.57. The number of morpholine rings is 1. The number of rotatable bonds is 7. The molecule has 2 aromatic carbocycles. The van der Waals surface area contributed by atoms with Crippen molar-refractivity contribution in [1.82, 2.24) is 4.90 Å². The lowest BCUT2D eigenvalue weighted by molar-refractivity contribution is -0.115. The zero-order chi connectivity index (χ0) is 20.8. The summed E-state index contributed by atoms with van der Waals surface area (Å²) in [6.07, 6.45) is 0.627. The number of hydrogen-bond acceptors (Lipinski definition) is 5. The summed E-state index contributed by atoms with van der Waals surface area (Å²) in [5.41, 5.74) is 2.73. The van der Waals surface area contributed by atoms with E-state index in [1.807, 2.05) is 36.4 Å². The molecular weight excluding hydrogens is 368 g/mol. The van der Waals surface area contributed by atoms with Gasteiger partial charge in [-0.1, -0.05) is 18.2 Å². The average Bonchev–Trinajstić information content (AvgIpc) is 2.68. The molecule has 156 valence electrons. The van der Waals surface area contributed by atoms with Gasteiger partial charge in [-0.2, -0.15) is 0 Å². The summed E-state index contributed by atoms with van der Waals surface area (Å²) in [5, 5.41) is 3.07. The van der Waals surface area contributed by atoms with E-state index in [9.17, 15) is 4.79 Å². The monoisotopic (exact) mass is 398 g/mol. The van der Waals surface area contributed by atoms with Gasteiger partial charge in [0.05, 0.1) is 32.8 Å². The van der Waals surface area contributed by atoms with Crippen molar-refractivity contribution in [2.24, 2.45) is 0 Å². The van der Waals surface area contributed by atoms with Gasteiger partial charge >= 0.3 is 0 Å². The van der Waals surface area contributed by atoms with Crippen LogP contribution in [0.5, 0.6) is 11.5 Å². The minimum absolute atomic E-state index is 0.0901. The number of nitrogens with zero attached hydrogens (tertiary/aromatic N) is 1. The number of para-hydroxylation sites is 1. The van der Waals surface area contributed by atoms with Gasteiger partial charge in [0.2, 0.25) is 5.91 Å². The number of methoxy groups -OCH3 is 2. The lowest BCUT2D eigenvalue weighted by atomic mass is 10.1. The van der Waals surface area contributed by atoms with Crippen molar-refractivity contribution >= 4 is 11.6 Å². The molecule has 6 nitrogen and oxygen atoms in total. The molecule has 2 unspecified atom stereocenters. The van der Waals surface area contributed by atoms with Crippen molar-refractivity contribution in [1.29, 1.82) is 0 Å². The molecule has 3 rings (SSSR count). The summed E-state index contributed by atoms with van der Waals surface area (Å²) in [6, 6.07) is 13.4. The summed E-state index contributed by atoms with van der Waals surface area (Å²) in [5.74, 6) is 1.28. The van der Waals surface area contributed by atoms with Crippen LogP contribution in [0.15, 0.2) is 42.5 Å². The van der Waals surface area contributed by atoms with E-state index in [4.69, 9.17) is 14.2 Å². The Morgan fingerprint density at radius 3 is 2.48 bits per heavy atom. The van der Waals surface area contributed by atoms with Crippen LogP contribution in [-0.2, 0) is 22.5 Å². The lowest BCUT2D eigenvalue weighted by Crippen LogP contribution is -2.44. The van der Waals surface area contributed by atoms with Gasteiger partial charge in [-0.25, -0.2) is 0 Å². The highest BCUT2D eigenvalue weighted by atomic mass is 16.5. The second kappa shape index (κ2) is 9.76. The molecule has 0 aromatic heterocycles. The van der Waals surface area contributed by atoms with Gasteiger partial charge < -0.3 is 19.5 Å². The van der Waals surface area contributed by atoms with Crippen LogP contribution < -0.4 is 14.8 Å². The van der Waals surface area contributed by atoms with Gasteiger partial charge in [0, 0.05) is 30.9 Å². The van der Waals surface area contributed by atoms with Crippen LogP contribution in [0.25, 0.3) is 0 Å². The lowest BCUT2D eigenvalue weighted by Gasteiger charge is -2.35. The number of amides is 1. The van der Waals surface area contributed by atoms with E-state index in [-0.39, 0.29) is 24.5 Å². The topological polar surface area (TPSA) is 60.0 Å². The molecule has 0 aliphatic carbocycles. The van der Waals surface area contributed by atoms with Crippen molar-refractivity contribution in [3.63, 3.8) is 0 Å². The first-order valence-corrected chi connectivity index (χ1v) is 9.95. The maximum atomic E-state index is 12.8. The predicted octanol–water partition coefficient (Wildman–Crippen LogP) is 3.49. The molecule has 1 aliphatic heterocycles. The van der Waals surface area contributed by atoms with Gasteiger partial charge in [-0.3, -0.25) is 9.69 Å². The van der Waals surface area contributed by atoms with Gasteiger partial charge in [-0.05, 0) is 43.7 Å². The van der Waals surface area contributed by atoms with E-state index >= 15 is 0 Å². The Morgan fingerprint density at radius 1 is 1.07 bits per heavy atom. The molecule has 1 heterocycles. The highest BCUT2D eigenvalue weighted by Crippen LogP contribution is 2.25. The van der Waals surface area contributed by atoms with E-state index in [0.717, 1.165) is 36.4 Å². The molecule has 6 heteroatoms. The van der Waals surface area contributed by atoms with Crippen LogP contribution >= 0.6 is 0 Å². The maximum Gasteiger partial charge on any atom is 0.228 e. The Labute approximate surface area is 172 Å². The fourth-order valence-electron chi connectivity index (χ4n) is 3.82. The van der Waals surface area contributed by atoms with Crippen LogP contribution in [0.3, 0.4) is 0 Å². The second-order valence-electron chi connectivity index (χ2n) is 7.51.